The maximum atomic E-state index is 13.6. The lowest BCUT2D eigenvalue weighted by Crippen LogP contribution is -2.27. The fraction of sp³-hybridized carbons (Fsp3) is 0.412. The molecule has 0 saturated heterocycles. The van der Waals surface area contributed by atoms with Crippen LogP contribution in [0.5, 0.6) is 5.75 Å². The lowest BCUT2D eigenvalue weighted by atomic mass is 10.1. The van der Waals surface area contributed by atoms with Crippen molar-refractivity contribution in [3.63, 3.8) is 0 Å². The van der Waals surface area contributed by atoms with Crippen LogP contribution < -0.4 is 10.1 Å². The van der Waals surface area contributed by atoms with E-state index < -0.39 is 0 Å². The van der Waals surface area contributed by atoms with Gasteiger partial charge in [0, 0.05) is 31.3 Å². The number of ether oxygens (including phenoxy) is 2. The summed E-state index contributed by atoms with van der Waals surface area (Å²) in [6.45, 7) is 3.43. The van der Waals surface area contributed by atoms with E-state index in [4.69, 9.17) is 9.47 Å². The van der Waals surface area contributed by atoms with Gasteiger partial charge in [0.2, 0.25) is 5.91 Å². The van der Waals surface area contributed by atoms with Gasteiger partial charge in [-0.05, 0) is 36.6 Å². The first-order chi connectivity index (χ1) is 11.6. The molecule has 0 spiro atoms. The van der Waals surface area contributed by atoms with Crippen LogP contribution in [0.4, 0.5) is 4.39 Å². The molecule has 3 rings (SSSR count). The Labute approximate surface area is 139 Å². The van der Waals surface area contributed by atoms with Crippen molar-refractivity contribution in [1.82, 2.24) is 15.1 Å². The number of carbonyl (C=O) groups excluding carboxylic acids is 1. The molecular formula is C17H20FN3O3. The lowest BCUT2D eigenvalue weighted by molar-refractivity contribution is -0.121. The highest BCUT2D eigenvalue weighted by atomic mass is 19.1. The van der Waals surface area contributed by atoms with Crippen molar-refractivity contribution < 1.29 is 18.7 Å². The molecule has 6 nitrogen and oxygen atoms in total. The lowest BCUT2D eigenvalue weighted by Gasteiger charge is -2.21. The highest BCUT2D eigenvalue weighted by molar-refractivity contribution is 5.75. The Morgan fingerprint density at radius 1 is 1.46 bits per heavy atom. The standard InChI is InChI=1S/C17H20FN3O3/c1-12-8-20-21(9-12)5-3-16(22)19-4-2-13-6-15(18)7-14-10-23-11-24-17(13)14/h6-9H,2-5,10-11H2,1H3,(H,19,22). The van der Waals surface area contributed by atoms with Gasteiger partial charge in [0.05, 0.1) is 12.8 Å². The minimum atomic E-state index is -0.321. The molecule has 24 heavy (non-hydrogen) atoms. The molecule has 0 fully saturated rings. The fourth-order valence-corrected chi connectivity index (χ4v) is 2.67. The SMILES string of the molecule is Cc1cnn(CCC(=O)NCCc2cc(F)cc3c2OCOC3)c1. The summed E-state index contributed by atoms with van der Waals surface area (Å²) >= 11 is 0. The summed E-state index contributed by atoms with van der Waals surface area (Å²) in [4.78, 5) is 11.9. The molecule has 0 unspecified atom stereocenters. The molecule has 1 N–H and O–H groups in total. The smallest absolute Gasteiger partial charge is 0.221 e. The molecule has 128 valence electrons. The second kappa shape index (κ2) is 7.44. The first-order valence-electron chi connectivity index (χ1n) is 7.89. The van der Waals surface area contributed by atoms with Crippen LogP contribution in [-0.2, 0) is 29.1 Å². The average molecular weight is 333 g/mol. The summed E-state index contributed by atoms with van der Waals surface area (Å²) in [6, 6.07) is 2.87. The molecule has 7 heteroatoms. The van der Waals surface area contributed by atoms with Gasteiger partial charge in [-0.1, -0.05) is 0 Å². The highest BCUT2D eigenvalue weighted by Crippen LogP contribution is 2.29. The summed E-state index contributed by atoms with van der Waals surface area (Å²) in [5.74, 6) is 0.291. The van der Waals surface area contributed by atoms with Gasteiger partial charge < -0.3 is 14.8 Å². The first kappa shape index (κ1) is 16.4. The van der Waals surface area contributed by atoms with Crippen molar-refractivity contribution in [2.45, 2.75) is 32.9 Å². The first-order valence-corrected chi connectivity index (χ1v) is 7.89. The number of nitrogens with one attached hydrogen (secondary N) is 1. The number of hydrogen-bond acceptors (Lipinski definition) is 4. The van der Waals surface area contributed by atoms with E-state index in [2.05, 4.69) is 10.4 Å². The molecule has 0 radical (unpaired) electrons. The highest BCUT2D eigenvalue weighted by Gasteiger charge is 2.16. The Kier molecular flexibility index (Phi) is 5.10. The Hall–Kier alpha value is -2.41. The number of hydrogen-bond donors (Lipinski definition) is 1. The van der Waals surface area contributed by atoms with Crippen LogP contribution in [0.25, 0.3) is 0 Å². The van der Waals surface area contributed by atoms with Crippen molar-refractivity contribution in [2.75, 3.05) is 13.3 Å². The molecule has 0 saturated carbocycles. The fourth-order valence-electron chi connectivity index (χ4n) is 2.67. The molecule has 1 aliphatic heterocycles. The summed E-state index contributed by atoms with van der Waals surface area (Å²) in [5, 5.41) is 6.99. The number of carbonyl (C=O) groups is 1. The van der Waals surface area contributed by atoms with Crippen molar-refractivity contribution in [3.8, 4) is 5.75 Å². The third kappa shape index (κ3) is 4.11. The quantitative estimate of drug-likeness (QED) is 0.877. The maximum Gasteiger partial charge on any atom is 0.221 e. The summed E-state index contributed by atoms with van der Waals surface area (Å²) in [7, 11) is 0. The van der Waals surface area contributed by atoms with E-state index in [1.807, 2.05) is 13.1 Å². The number of nitrogens with zero attached hydrogens (tertiary/aromatic N) is 2. The Bertz CT molecular complexity index is 730. The number of rotatable bonds is 6. The Morgan fingerprint density at radius 3 is 3.12 bits per heavy atom. The third-order valence-corrected chi connectivity index (χ3v) is 3.80. The molecule has 0 atom stereocenters. The minimum Gasteiger partial charge on any atom is -0.467 e. The van der Waals surface area contributed by atoms with E-state index >= 15 is 0 Å². The molecule has 1 aliphatic rings. The van der Waals surface area contributed by atoms with Gasteiger partial charge in [0.1, 0.15) is 11.6 Å². The van der Waals surface area contributed by atoms with Crippen molar-refractivity contribution >= 4 is 5.91 Å². The zero-order valence-corrected chi connectivity index (χ0v) is 13.5. The van der Waals surface area contributed by atoms with E-state index in [1.54, 1.807) is 10.9 Å². The van der Waals surface area contributed by atoms with Crippen LogP contribution in [0.2, 0.25) is 0 Å². The zero-order chi connectivity index (χ0) is 16.9. The van der Waals surface area contributed by atoms with Crippen LogP contribution in [-0.4, -0.2) is 29.0 Å². The summed E-state index contributed by atoms with van der Waals surface area (Å²) in [5.41, 5.74) is 2.52. The van der Waals surface area contributed by atoms with Gasteiger partial charge in [0.25, 0.3) is 0 Å². The zero-order valence-electron chi connectivity index (χ0n) is 13.5. The monoisotopic (exact) mass is 333 g/mol. The van der Waals surface area contributed by atoms with Gasteiger partial charge in [-0.15, -0.1) is 0 Å². The van der Waals surface area contributed by atoms with Crippen molar-refractivity contribution in [2.24, 2.45) is 0 Å². The molecule has 0 aliphatic carbocycles. The predicted molar refractivity (Wildman–Crippen MR) is 85.0 cm³/mol. The molecule has 2 aromatic rings. The normalized spacial score (nSPS) is 13.2. The van der Waals surface area contributed by atoms with Crippen LogP contribution in [0.15, 0.2) is 24.5 Å². The van der Waals surface area contributed by atoms with Gasteiger partial charge in [-0.3, -0.25) is 9.48 Å². The molecule has 1 aromatic heterocycles. The third-order valence-electron chi connectivity index (χ3n) is 3.80. The molecule has 1 aromatic carbocycles. The van der Waals surface area contributed by atoms with E-state index in [1.165, 1.54) is 12.1 Å². The van der Waals surface area contributed by atoms with Crippen LogP contribution >= 0.6 is 0 Å². The second-order valence-electron chi connectivity index (χ2n) is 5.79. The van der Waals surface area contributed by atoms with Crippen molar-refractivity contribution in [1.29, 1.82) is 0 Å². The van der Waals surface area contributed by atoms with Crippen LogP contribution in [0.3, 0.4) is 0 Å². The summed E-state index contributed by atoms with van der Waals surface area (Å²) in [6.07, 6.45) is 4.51. The molecule has 0 bridgehead atoms. The number of amides is 1. The number of benzene rings is 1. The van der Waals surface area contributed by atoms with Gasteiger partial charge in [0.15, 0.2) is 6.79 Å². The van der Waals surface area contributed by atoms with E-state index in [0.29, 0.717) is 43.9 Å². The van der Waals surface area contributed by atoms with Gasteiger partial charge in [-0.25, -0.2) is 4.39 Å². The molecule has 2 heterocycles. The van der Waals surface area contributed by atoms with E-state index in [-0.39, 0.29) is 18.5 Å². The maximum absolute atomic E-state index is 13.6. The topological polar surface area (TPSA) is 65.4 Å². The number of fused-ring (bicyclic) bond motifs is 1. The largest absolute Gasteiger partial charge is 0.467 e. The number of aryl methyl sites for hydroxylation is 2. The number of halogens is 1. The second-order valence-corrected chi connectivity index (χ2v) is 5.79. The minimum absolute atomic E-state index is 0.0577. The molecular weight excluding hydrogens is 313 g/mol. The van der Waals surface area contributed by atoms with E-state index in [0.717, 1.165) is 11.1 Å². The van der Waals surface area contributed by atoms with E-state index in [9.17, 15) is 9.18 Å². The van der Waals surface area contributed by atoms with Crippen LogP contribution in [0, 0.1) is 12.7 Å². The number of aromatic nitrogens is 2. The van der Waals surface area contributed by atoms with Gasteiger partial charge in [-0.2, -0.15) is 5.10 Å². The average Bonchev–Trinajstić information content (AvgIpc) is 2.98. The van der Waals surface area contributed by atoms with Crippen LogP contribution in [0.1, 0.15) is 23.1 Å². The predicted octanol–water partition coefficient (Wildman–Crippen LogP) is 1.95. The molecule has 1 amide bonds. The van der Waals surface area contributed by atoms with Gasteiger partial charge >= 0.3 is 0 Å². The van der Waals surface area contributed by atoms with Crippen molar-refractivity contribution in [3.05, 3.63) is 47.0 Å². The Morgan fingerprint density at radius 2 is 2.33 bits per heavy atom. The Balaban J connectivity index is 1.49. The summed E-state index contributed by atoms with van der Waals surface area (Å²) < 4.78 is 26.0.